The van der Waals surface area contributed by atoms with Gasteiger partial charge in [-0.2, -0.15) is 5.26 Å². The molecule has 0 aliphatic carbocycles. The molecule has 1 amide bonds. The second-order valence-corrected chi connectivity index (χ2v) is 3.17. The zero-order valence-electron chi connectivity index (χ0n) is 8.31. The fourth-order valence-corrected chi connectivity index (χ4v) is 1.22. The Bertz CT molecular complexity index is 356. The van der Waals surface area contributed by atoms with Crippen molar-refractivity contribution in [2.45, 2.75) is 12.5 Å². The van der Waals surface area contributed by atoms with Gasteiger partial charge in [-0.1, -0.05) is 30.3 Å². The maximum Gasteiger partial charge on any atom is 0.238 e. The van der Waals surface area contributed by atoms with Gasteiger partial charge in [0.15, 0.2) is 0 Å². The first-order valence-corrected chi connectivity index (χ1v) is 4.68. The number of carbonyl (C=O) groups excluding carboxylic acids is 1. The molecule has 15 heavy (non-hydrogen) atoms. The van der Waals surface area contributed by atoms with Crippen LogP contribution in [-0.2, 0) is 11.2 Å². The summed E-state index contributed by atoms with van der Waals surface area (Å²) < 4.78 is 0. The third-order valence-electron chi connectivity index (χ3n) is 1.98. The summed E-state index contributed by atoms with van der Waals surface area (Å²) >= 11 is 0. The number of nitriles is 1. The Morgan fingerprint density at radius 3 is 2.73 bits per heavy atom. The van der Waals surface area contributed by atoms with Crippen LogP contribution in [0.2, 0.25) is 0 Å². The molecule has 1 unspecified atom stereocenters. The van der Waals surface area contributed by atoms with E-state index in [1.807, 2.05) is 36.4 Å². The number of amides is 1. The molecule has 1 rings (SSSR count). The number of benzene rings is 1. The minimum Gasteiger partial charge on any atom is -0.342 e. The van der Waals surface area contributed by atoms with Crippen LogP contribution in [-0.4, -0.2) is 18.5 Å². The summed E-state index contributed by atoms with van der Waals surface area (Å²) in [6, 6.07) is 10.8. The smallest absolute Gasteiger partial charge is 0.238 e. The van der Waals surface area contributed by atoms with Gasteiger partial charge in [0.2, 0.25) is 5.91 Å². The topological polar surface area (TPSA) is 78.9 Å². The Labute approximate surface area is 88.7 Å². The zero-order chi connectivity index (χ0) is 11.1. The lowest BCUT2D eigenvalue weighted by molar-refractivity contribution is -0.122. The molecule has 0 aromatic heterocycles. The van der Waals surface area contributed by atoms with Crippen LogP contribution < -0.4 is 11.1 Å². The van der Waals surface area contributed by atoms with Gasteiger partial charge in [0.05, 0.1) is 12.1 Å². The maximum atomic E-state index is 11.3. The van der Waals surface area contributed by atoms with Crippen molar-refractivity contribution in [2.75, 3.05) is 6.54 Å². The van der Waals surface area contributed by atoms with Crippen molar-refractivity contribution in [3.05, 3.63) is 35.9 Å². The molecule has 1 aromatic rings. The van der Waals surface area contributed by atoms with Gasteiger partial charge in [0, 0.05) is 0 Å². The standard InChI is InChI=1S/C11H13N3O/c12-6-7-14-11(15)10(13)8-9-4-2-1-3-5-9/h1-5,10H,7-8,13H2,(H,14,15). The highest BCUT2D eigenvalue weighted by molar-refractivity contribution is 5.81. The molecule has 0 aliphatic rings. The van der Waals surface area contributed by atoms with E-state index in [0.29, 0.717) is 6.42 Å². The molecule has 1 aromatic carbocycles. The molecular formula is C11H13N3O. The van der Waals surface area contributed by atoms with Crippen LogP contribution in [0.1, 0.15) is 5.56 Å². The maximum absolute atomic E-state index is 11.3. The van der Waals surface area contributed by atoms with Gasteiger partial charge >= 0.3 is 0 Å². The van der Waals surface area contributed by atoms with Crippen LogP contribution in [0.5, 0.6) is 0 Å². The van der Waals surface area contributed by atoms with E-state index >= 15 is 0 Å². The monoisotopic (exact) mass is 203 g/mol. The van der Waals surface area contributed by atoms with E-state index in [0.717, 1.165) is 5.56 Å². The highest BCUT2D eigenvalue weighted by Crippen LogP contribution is 2.01. The van der Waals surface area contributed by atoms with Crippen LogP contribution in [0.3, 0.4) is 0 Å². The summed E-state index contributed by atoms with van der Waals surface area (Å²) in [7, 11) is 0. The van der Waals surface area contributed by atoms with Gasteiger partial charge in [-0.3, -0.25) is 4.79 Å². The predicted molar refractivity (Wildman–Crippen MR) is 56.7 cm³/mol. The summed E-state index contributed by atoms with van der Waals surface area (Å²) in [5.41, 5.74) is 6.68. The van der Waals surface area contributed by atoms with E-state index in [-0.39, 0.29) is 12.5 Å². The summed E-state index contributed by atoms with van der Waals surface area (Å²) in [6.07, 6.45) is 0.484. The van der Waals surface area contributed by atoms with Crippen molar-refractivity contribution in [1.29, 1.82) is 5.26 Å². The van der Waals surface area contributed by atoms with Crippen molar-refractivity contribution in [2.24, 2.45) is 5.73 Å². The lowest BCUT2D eigenvalue weighted by Gasteiger charge is -2.10. The molecule has 0 saturated carbocycles. The van der Waals surface area contributed by atoms with E-state index in [4.69, 9.17) is 11.0 Å². The molecule has 4 heteroatoms. The van der Waals surface area contributed by atoms with Gasteiger partial charge in [-0.05, 0) is 12.0 Å². The first-order valence-electron chi connectivity index (χ1n) is 4.68. The van der Waals surface area contributed by atoms with Gasteiger partial charge < -0.3 is 11.1 Å². The van der Waals surface area contributed by atoms with E-state index < -0.39 is 6.04 Å². The molecule has 0 saturated heterocycles. The number of nitrogens with zero attached hydrogens (tertiary/aromatic N) is 1. The Kier molecular flexibility index (Phi) is 4.32. The van der Waals surface area contributed by atoms with Crippen molar-refractivity contribution in [1.82, 2.24) is 5.32 Å². The van der Waals surface area contributed by atoms with E-state index in [9.17, 15) is 4.79 Å². The van der Waals surface area contributed by atoms with Crippen LogP contribution in [0.15, 0.2) is 30.3 Å². The molecule has 0 spiro atoms. The molecule has 0 bridgehead atoms. The van der Waals surface area contributed by atoms with E-state index in [1.54, 1.807) is 0 Å². The molecule has 4 nitrogen and oxygen atoms in total. The molecule has 0 fully saturated rings. The zero-order valence-corrected chi connectivity index (χ0v) is 8.31. The summed E-state index contributed by atoms with van der Waals surface area (Å²) in [6.45, 7) is 0.00131. The normalized spacial score (nSPS) is 11.5. The fraction of sp³-hybridized carbons (Fsp3) is 0.273. The van der Waals surface area contributed by atoms with Gasteiger partial charge in [0.1, 0.15) is 6.54 Å². The molecule has 0 radical (unpaired) electrons. The van der Waals surface area contributed by atoms with Crippen molar-refractivity contribution < 1.29 is 4.79 Å². The lowest BCUT2D eigenvalue weighted by Crippen LogP contribution is -2.42. The Morgan fingerprint density at radius 1 is 1.47 bits per heavy atom. The van der Waals surface area contributed by atoms with Crippen LogP contribution in [0, 0.1) is 11.3 Å². The van der Waals surface area contributed by atoms with Crippen molar-refractivity contribution in [3.63, 3.8) is 0 Å². The lowest BCUT2D eigenvalue weighted by atomic mass is 10.1. The summed E-state index contributed by atoms with van der Waals surface area (Å²) in [5, 5.41) is 10.7. The molecule has 0 heterocycles. The summed E-state index contributed by atoms with van der Waals surface area (Å²) in [4.78, 5) is 11.3. The van der Waals surface area contributed by atoms with Crippen molar-refractivity contribution >= 4 is 5.91 Å². The second-order valence-electron chi connectivity index (χ2n) is 3.17. The van der Waals surface area contributed by atoms with Crippen LogP contribution >= 0.6 is 0 Å². The number of hydrogen-bond donors (Lipinski definition) is 2. The molecule has 3 N–H and O–H groups in total. The first-order chi connectivity index (χ1) is 7.24. The molecule has 1 atom stereocenters. The highest BCUT2D eigenvalue weighted by Gasteiger charge is 2.12. The number of hydrogen-bond acceptors (Lipinski definition) is 3. The molecular weight excluding hydrogens is 190 g/mol. The number of rotatable bonds is 4. The average Bonchev–Trinajstić information content (AvgIpc) is 2.27. The third-order valence-corrected chi connectivity index (χ3v) is 1.98. The van der Waals surface area contributed by atoms with Gasteiger partial charge in [0.25, 0.3) is 0 Å². The van der Waals surface area contributed by atoms with Crippen molar-refractivity contribution in [3.8, 4) is 6.07 Å². The summed E-state index contributed by atoms with van der Waals surface area (Å²) in [5.74, 6) is -0.291. The fourth-order valence-electron chi connectivity index (χ4n) is 1.22. The first kappa shape index (κ1) is 11.2. The number of carbonyl (C=O) groups is 1. The SMILES string of the molecule is N#CCNC(=O)C(N)Cc1ccccc1. The number of nitrogens with one attached hydrogen (secondary N) is 1. The van der Waals surface area contributed by atoms with Crippen LogP contribution in [0.4, 0.5) is 0 Å². The Morgan fingerprint density at radius 2 is 2.13 bits per heavy atom. The van der Waals surface area contributed by atoms with Crippen LogP contribution in [0.25, 0.3) is 0 Å². The highest BCUT2D eigenvalue weighted by atomic mass is 16.2. The molecule has 78 valence electrons. The second kappa shape index (κ2) is 5.78. The van der Waals surface area contributed by atoms with E-state index in [1.165, 1.54) is 0 Å². The third kappa shape index (κ3) is 3.79. The largest absolute Gasteiger partial charge is 0.342 e. The average molecular weight is 203 g/mol. The number of nitrogens with two attached hydrogens (primary N) is 1. The minimum atomic E-state index is -0.597. The molecule has 0 aliphatic heterocycles. The minimum absolute atomic E-state index is 0.00131. The van der Waals surface area contributed by atoms with Gasteiger partial charge in [-0.25, -0.2) is 0 Å². The quantitative estimate of drug-likeness (QED) is 0.686. The van der Waals surface area contributed by atoms with Gasteiger partial charge in [-0.15, -0.1) is 0 Å². The predicted octanol–water partition coefficient (Wildman–Crippen LogP) is 0.196. The van der Waals surface area contributed by atoms with E-state index in [2.05, 4.69) is 5.32 Å². The Balaban J connectivity index is 2.46. The Hall–Kier alpha value is -1.86.